The molecule has 0 saturated carbocycles. The Labute approximate surface area is 145 Å². The van der Waals surface area contributed by atoms with E-state index in [1.54, 1.807) is 13.8 Å². The average Bonchev–Trinajstić information content (AvgIpc) is 2.48. The number of nitrogens with two attached hydrogens (primary N) is 1. The first-order valence-corrected chi connectivity index (χ1v) is 7.24. The Hall–Kier alpha value is -2.75. The molecule has 4 N–H and O–H groups in total. The molecule has 134 valence electrons. The van der Waals surface area contributed by atoms with Gasteiger partial charge in [0, 0.05) is 12.1 Å². The summed E-state index contributed by atoms with van der Waals surface area (Å²) in [7, 11) is 0. The van der Waals surface area contributed by atoms with Crippen molar-refractivity contribution < 1.29 is 23.1 Å². The van der Waals surface area contributed by atoms with Crippen LogP contribution < -0.4 is 15.8 Å². The molecule has 2 aromatic rings. The van der Waals surface area contributed by atoms with E-state index in [-0.39, 0.29) is 22.5 Å². The quantitative estimate of drug-likeness (QED) is 0.249. The van der Waals surface area contributed by atoms with Crippen molar-refractivity contribution >= 4 is 23.5 Å². The molecule has 0 aliphatic carbocycles. The normalized spacial score (nSPS) is 11.7. The number of nitrogens with zero attached hydrogens (tertiary/aromatic N) is 3. The molecular formula is C14H13ClF3N5O2. The molecule has 2 rings (SSSR count). The van der Waals surface area contributed by atoms with Gasteiger partial charge in [-0.2, -0.15) is 9.97 Å². The SMILES string of the molecule is CC(C)Oc1nc(NC(N)=NO)nc(Cl)c1-c1c(F)cc(F)cc1F. The third-order valence-corrected chi connectivity index (χ3v) is 3.06. The van der Waals surface area contributed by atoms with Gasteiger partial charge < -0.3 is 15.7 Å². The van der Waals surface area contributed by atoms with Gasteiger partial charge in [-0.3, -0.25) is 5.32 Å². The molecular weight excluding hydrogens is 363 g/mol. The third kappa shape index (κ3) is 4.21. The van der Waals surface area contributed by atoms with Gasteiger partial charge >= 0.3 is 0 Å². The minimum absolute atomic E-state index is 0.234. The summed E-state index contributed by atoms with van der Waals surface area (Å²) in [5, 5.41) is 13.2. The van der Waals surface area contributed by atoms with Crippen LogP contribution in [-0.4, -0.2) is 27.2 Å². The van der Waals surface area contributed by atoms with E-state index in [1.165, 1.54) is 0 Å². The van der Waals surface area contributed by atoms with E-state index in [4.69, 9.17) is 27.3 Å². The summed E-state index contributed by atoms with van der Waals surface area (Å²) in [6.07, 6.45) is -0.437. The molecule has 0 fully saturated rings. The minimum atomic E-state index is -1.20. The Morgan fingerprint density at radius 3 is 2.36 bits per heavy atom. The fraction of sp³-hybridized carbons (Fsp3) is 0.214. The van der Waals surface area contributed by atoms with E-state index < -0.39 is 35.1 Å². The van der Waals surface area contributed by atoms with Gasteiger partial charge in [0.1, 0.15) is 22.6 Å². The van der Waals surface area contributed by atoms with Crippen molar-refractivity contribution in [3.05, 3.63) is 34.7 Å². The average molecular weight is 376 g/mol. The number of ether oxygens (including phenoxy) is 1. The van der Waals surface area contributed by atoms with Gasteiger partial charge in [-0.05, 0) is 13.8 Å². The lowest BCUT2D eigenvalue weighted by atomic mass is 10.1. The smallest absolute Gasteiger partial charge is 0.237 e. The van der Waals surface area contributed by atoms with Crippen molar-refractivity contribution in [2.75, 3.05) is 5.32 Å². The summed E-state index contributed by atoms with van der Waals surface area (Å²) in [5.74, 6) is -4.44. The second kappa shape index (κ2) is 7.43. The number of benzene rings is 1. The standard InChI is InChI=1S/C14H13ClF3N5O2/c1-5(2)25-12-10(9-7(17)3-6(16)4-8(9)18)11(15)20-14(21-12)22-13(19)23-24/h3-5,24H,1-2H3,(H3,19,20,21,22,23). The van der Waals surface area contributed by atoms with Crippen LogP contribution in [0, 0.1) is 17.5 Å². The number of hydrogen-bond acceptors (Lipinski definition) is 5. The van der Waals surface area contributed by atoms with E-state index in [9.17, 15) is 13.2 Å². The summed E-state index contributed by atoms with van der Waals surface area (Å²) in [6, 6.07) is 0.993. The number of hydrogen-bond donors (Lipinski definition) is 3. The van der Waals surface area contributed by atoms with E-state index in [2.05, 4.69) is 20.4 Å². The van der Waals surface area contributed by atoms with E-state index in [0.29, 0.717) is 12.1 Å². The van der Waals surface area contributed by atoms with Gasteiger partial charge in [0.05, 0.1) is 17.2 Å². The van der Waals surface area contributed by atoms with Crippen molar-refractivity contribution in [3.8, 4) is 17.0 Å². The Bertz CT molecular complexity index is 809. The molecule has 11 heteroatoms. The Morgan fingerprint density at radius 1 is 1.24 bits per heavy atom. The molecule has 0 saturated heterocycles. The van der Waals surface area contributed by atoms with Crippen LogP contribution >= 0.6 is 11.6 Å². The number of oxime groups is 1. The number of halogens is 4. The van der Waals surface area contributed by atoms with Crippen molar-refractivity contribution in [2.45, 2.75) is 20.0 Å². The van der Waals surface area contributed by atoms with Crippen LogP contribution in [-0.2, 0) is 0 Å². The monoisotopic (exact) mass is 375 g/mol. The van der Waals surface area contributed by atoms with Gasteiger partial charge in [-0.15, -0.1) is 0 Å². The molecule has 0 aliphatic heterocycles. The number of nitrogens with one attached hydrogen (secondary N) is 1. The molecule has 0 amide bonds. The molecule has 0 radical (unpaired) electrons. The largest absolute Gasteiger partial charge is 0.474 e. The number of anilines is 1. The maximum absolute atomic E-state index is 14.1. The highest BCUT2D eigenvalue weighted by molar-refractivity contribution is 6.32. The van der Waals surface area contributed by atoms with Gasteiger partial charge in [-0.25, -0.2) is 13.2 Å². The highest BCUT2D eigenvalue weighted by Gasteiger charge is 2.24. The summed E-state index contributed by atoms with van der Waals surface area (Å²) in [5.41, 5.74) is 4.35. The first-order chi connectivity index (χ1) is 11.7. The van der Waals surface area contributed by atoms with Crippen LogP contribution in [0.4, 0.5) is 19.1 Å². The highest BCUT2D eigenvalue weighted by Crippen LogP contribution is 2.38. The van der Waals surface area contributed by atoms with Gasteiger partial charge in [0.2, 0.25) is 17.8 Å². The predicted molar refractivity (Wildman–Crippen MR) is 85.1 cm³/mol. The van der Waals surface area contributed by atoms with Crippen molar-refractivity contribution in [3.63, 3.8) is 0 Å². The van der Waals surface area contributed by atoms with Crippen LogP contribution in [0.3, 0.4) is 0 Å². The zero-order chi connectivity index (χ0) is 18.7. The zero-order valence-electron chi connectivity index (χ0n) is 13.0. The molecule has 0 atom stereocenters. The van der Waals surface area contributed by atoms with E-state index >= 15 is 0 Å². The number of aromatic nitrogens is 2. The summed E-state index contributed by atoms with van der Waals surface area (Å²) in [6.45, 7) is 3.29. The first-order valence-electron chi connectivity index (χ1n) is 6.86. The van der Waals surface area contributed by atoms with E-state index in [0.717, 1.165) is 0 Å². The Morgan fingerprint density at radius 2 is 1.84 bits per heavy atom. The lowest BCUT2D eigenvalue weighted by Crippen LogP contribution is -2.24. The predicted octanol–water partition coefficient (Wildman–Crippen LogP) is 3.12. The minimum Gasteiger partial charge on any atom is -0.474 e. The Balaban J connectivity index is 2.68. The molecule has 1 heterocycles. The molecule has 1 aromatic carbocycles. The molecule has 0 aliphatic rings. The molecule has 0 bridgehead atoms. The lowest BCUT2D eigenvalue weighted by Gasteiger charge is -2.16. The molecule has 0 unspecified atom stereocenters. The molecule has 25 heavy (non-hydrogen) atoms. The molecule has 7 nitrogen and oxygen atoms in total. The maximum atomic E-state index is 14.1. The van der Waals surface area contributed by atoms with Crippen molar-refractivity contribution in [1.82, 2.24) is 9.97 Å². The van der Waals surface area contributed by atoms with Gasteiger partial charge in [-0.1, -0.05) is 16.8 Å². The first kappa shape index (κ1) is 18.6. The van der Waals surface area contributed by atoms with Crippen molar-refractivity contribution in [1.29, 1.82) is 0 Å². The topological polar surface area (TPSA) is 106 Å². The second-order valence-corrected chi connectivity index (χ2v) is 5.40. The highest BCUT2D eigenvalue weighted by atomic mass is 35.5. The van der Waals surface area contributed by atoms with Gasteiger partial charge in [0.25, 0.3) is 0 Å². The second-order valence-electron chi connectivity index (χ2n) is 5.04. The zero-order valence-corrected chi connectivity index (χ0v) is 13.8. The maximum Gasteiger partial charge on any atom is 0.237 e. The summed E-state index contributed by atoms with van der Waals surface area (Å²) < 4.78 is 46.8. The van der Waals surface area contributed by atoms with Crippen LogP contribution in [0.15, 0.2) is 17.3 Å². The number of guanidine groups is 1. The molecule has 1 aromatic heterocycles. The van der Waals surface area contributed by atoms with Crippen molar-refractivity contribution in [2.24, 2.45) is 10.9 Å². The number of rotatable bonds is 4. The van der Waals surface area contributed by atoms with Crippen LogP contribution in [0.2, 0.25) is 5.15 Å². The fourth-order valence-corrected chi connectivity index (χ4v) is 2.16. The fourth-order valence-electron chi connectivity index (χ4n) is 1.91. The van der Waals surface area contributed by atoms with Crippen LogP contribution in [0.1, 0.15) is 13.8 Å². The Kier molecular flexibility index (Phi) is 5.52. The lowest BCUT2D eigenvalue weighted by molar-refractivity contribution is 0.233. The van der Waals surface area contributed by atoms with E-state index in [1.807, 2.05) is 0 Å². The summed E-state index contributed by atoms with van der Waals surface area (Å²) >= 11 is 6.02. The van der Waals surface area contributed by atoms with Crippen LogP contribution in [0.5, 0.6) is 5.88 Å². The van der Waals surface area contributed by atoms with Crippen LogP contribution in [0.25, 0.3) is 11.1 Å². The van der Waals surface area contributed by atoms with Gasteiger partial charge in [0.15, 0.2) is 0 Å². The molecule has 0 spiro atoms. The summed E-state index contributed by atoms with van der Waals surface area (Å²) in [4.78, 5) is 7.69. The third-order valence-electron chi connectivity index (χ3n) is 2.78.